The summed E-state index contributed by atoms with van der Waals surface area (Å²) < 4.78 is 46.5. The number of hydrogen-bond donors (Lipinski definition) is 0. The first-order valence-electron chi connectivity index (χ1n) is 32.1. The van der Waals surface area contributed by atoms with Crippen molar-refractivity contribution in [2.75, 3.05) is 0 Å². The van der Waals surface area contributed by atoms with E-state index in [-0.39, 0.29) is 29.1 Å². The summed E-state index contributed by atoms with van der Waals surface area (Å²) >= 11 is 0. The van der Waals surface area contributed by atoms with Crippen LogP contribution in [0.2, 0.25) is 0 Å². The molecule has 0 radical (unpaired) electrons. The van der Waals surface area contributed by atoms with E-state index in [0.717, 1.165) is 73.6 Å². The molecule has 3 saturated carbocycles. The third-order valence-electron chi connectivity index (χ3n) is 18.2. The van der Waals surface area contributed by atoms with Gasteiger partial charge in [0.15, 0.2) is 0 Å². The summed E-state index contributed by atoms with van der Waals surface area (Å²) in [6.45, 7) is 39.1. The van der Waals surface area contributed by atoms with Crippen LogP contribution >= 0.6 is 0 Å². The van der Waals surface area contributed by atoms with E-state index in [1.807, 2.05) is 107 Å². The summed E-state index contributed by atoms with van der Waals surface area (Å²) in [5, 5.41) is 0. The average Bonchev–Trinajstić information content (AvgIpc) is 1.04. The Morgan fingerprint density at radius 2 is 0.570 bits per heavy atom. The van der Waals surface area contributed by atoms with Crippen LogP contribution in [0.5, 0.6) is 23.0 Å². The molecule has 0 heterocycles. The standard InChI is InChI=1S/C74H104O12/c1-46(2)56-42-52(24-28-60(56)79-64(75)83-68(9,10)11)73(53-25-29-61(57(43-53)47(3)4)80-65(76)84-69(12,13)14)38-32-50(33-39-73)72(36-22-21-23-37-72)51-34-40-74(41-35-51,54-26-30-62(58(44-54)48(5)6)81-66(77)85-70(15,16)17)55-27-31-63(59(45-55)49(7)8)82-67(78)86-71(18,19)20/h24-31,42-51H,21-23,32-41H2,1-20H3. The summed E-state index contributed by atoms with van der Waals surface area (Å²) in [7, 11) is 0. The van der Waals surface area contributed by atoms with Gasteiger partial charge in [-0.15, -0.1) is 0 Å². The molecule has 0 amide bonds. The van der Waals surface area contributed by atoms with E-state index in [9.17, 15) is 19.2 Å². The number of benzene rings is 4. The predicted octanol–water partition coefficient (Wildman–Crippen LogP) is 21.0. The Bertz CT molecular complexity index is 2650. The van der Waals surface area contributed by atoms with Crippen molar-refractivity contribution in [1.29, 1.82) is 0 Å². The molecule has 4 aromatic carbocycles. The van der Waals surface area contributed by atoms with Crippen LogP contribution in [-0.4, -0.2) is 47.0 Å². The Morgan fingerprint density at radius 3 is 0.767 bits per heavy atom. The molecule has 0 atom stereocenters. The number of ether oxygens (including phenoxy) is 8. The Hall–Kier alpha value is -6.04. The third-order valence-corrected chi connectivity index (χ3v) is 18.2. The molecule has 0 unspecified atom stereocenters. The molecule has 7 rings (SSSR count). The molecule has 0 aromatic heterocycles. The van der Waals surface area contributed by atoms with Crippen LogP contribution in [0.15, 0.2) is 72.8 Å². The molecule has 0 N–H and O–H groups in total. The molecule has 12 heteroatoms. The Morgan fingerprint density at radius 1 is 0.349 bits per heavy atom. The zero-order chi connectivity index (χ0) is 63.5. The van der Waals surface area contributed by atoms with Gasteiger partial charge < -0.3 is 37.9 Å². The van der Waals surface area contributed by atoms with E-state index < -0.39 is 57.9 Å². The van der Waals surface area contributed by atoms with Crippen molar-refractivity contribution in [3.8, 4) is 23.0 Å². The van der Waals surface area contributed by atoms with Gasteiger partial charge >= 0.3 is 24.6 Å². The van der Waals surface area contributed by atoms with Crippen LogP contribution in [0.3, 0.4) is 0 Å². The van der Waals surface area contributed by atoms with E-state index in [0.29, 0.717) is 34.8 Å². The highest BCUT2D eigenvalue weighted by Crippen LogP contribution is 2.62. The monoisotopic (exact) mass is 1180 g/mol. The van der Waals surface area contributed by atoms with Crippen LogP contribution in [0.1, 0.15) is 290 Å². The zero-order valence-electron chi connectivity index (χ0n) is 56.0. The molecule has 3 aliphatic carbocycles. The van der Waals surface area contributed by atoms with E-state index >= 15 is 0 Å². The van der Waals surface area contributed by atoms with Gasteiger partial charge in [-0.1, -0.05) is 123 Å². The molecule has 86 heavy (non-hydrogen) atoms. The smallest absolute Gasteiger partial charge is 0.428 e. The van der Waals surface area contributed by atoms with Crippen LogP contribution in [0.25, 0.3) is 0 Å². The number of hydrogen-bond acceptors (Lipinski definition) is 12. The lowest BCUT2D eigenvalue weighted by Crippen LogP contribution is -2.47. The summed E-state index contributed by atoms with van der Waals surface area (Å²) in [4.78, 5) is 52.8. The molecule has 12 nitrogen and oxygen atoms in total. The largest absolute Gasteiger partial charge is 0.514 e. The first-order valence-corrected chi connectivity index (χ1v) is 32.1. The molecular weight excluding hydrogens is 1080 g/mol. The van der Waals surface area contributed by atoms with Gasteiger partial charge in [0.2, 0.25) is 0 Å². The van der Waals surface area contributed by atoms with Crippen LogP contribution in [0, 0.1) is 17.3 Å². The Balaban J connectivity index is 1.29. The minimum atomic E-state index is -0.728. The molecule has 0 bridgehead atoms. The fourth-order valence-corrected chi connectivity index (χ4v) is 14.2. The second-order valence-electron chi connectivity index (χ2n) is 30.4. The van der Waals surface area contributed by atoms with Crippen molar-refractivity contribution in [1.82, 2.24) is 0 Å². The highest BCUT2D eigenvalue weighted by molar-refractivity contribution is 5.68. The van der Waals surface area contributed by atoms with Crippen LogP contribution in [-0.2, 0) is 29.8 Å². The highest BCUT2D eigenvalue weighted by Gasteiger charge is 2.53. The SMILES string of the molecule is CC(C)c1cc(C2(c3ccc(OC(=O)OC(C)(C)C)c(C(C)C)c3)CCC(C3(C4CCC(c5ccc(OC(=O)OC(C)(C)C)c(C(C)C)c5)(c5ccc(OC(=O)OC(C)(C)C)c(C(C)C)c5)CC4)CCCCC3)CC2)ccc1OC(=O)OC(C)(C)C. The van der Waals surface area contributed by atoms with Crippen molar-refractivity contribution >= 4 is 24.6 Å². The van der Waals surface area contributed by atoms with E-state index in [1.54, 1.807) is 0 Å². The van der Waals surface area contributed by atoms with Gasteiger partial charge in [-0.05, 0) is 257 Å². The minimum absolute atomic E-state index is 0.0430. The van der Waals surface area contributed by atoms with Crippen molar-refractivity contribution in [2.24, 2.45) is 17.3 Å². The molecule has 0 saturated heterocycles. The number of carbonyl (C=O) groups excluding carboxylic acids is 4. The molecule has 0 spiro atoms. The highest BCUT2D eigenvalue weighted by atomic mass is 16.7. The summed E-state index contributed by atoms with van der Waals surface area (Å²) in [5.74, 6) is 3.13. The quantitative estimate of drug-likeness (QED) is 0.0674. The Kier molecular flexibility index (Phi) is 20.7. The van der Waals surface area contributed by atoms with Gasteiger partial charge in [-0.25, -0.2) is 19.2 Å². The topological polar surface area (TPSA) is 142 Å². The fraction of sp³-hybridized carbons (Fsp3) is 0.622. The van der Waals surface area contributed by atoms with Crippen LogP contribution < -0.4 is 18.9 Å². The van der Waals surface area contributed by atoms with Crippen LogP contribution in [0.4, 0.5) is 19.2 Å². The van der Waals surface area contributed by atoms with Gasteiger partial charge in [0, 0.05) is 10.8 Å². The average molecular weight is 1190 g/mol. The fourth-order valence-electron chi connectivity index (χ4n) is 14.2. The molecule has 3 fully saturated rings. The number of rotatable bonds is 14. The third kappa shape index (κ3) is 16.4. The lowest BCUT2D eigenvalue weighted by atomic mass is 9.49. The molecule has 3 aliphatic rings. The van der Waals surface area contributed by atoms with Crippen molar-refractivity contribution in [2.45, 2.75) is 279 Å². The van der Waals surface area contributed by atoms with E-state index in [1.165, 1.54) is 54.4 Å². The second kappa shape index (κ2) is 26.3. The maximum atomic E-state index is 13.2. The zero-order valence-corrected chi connectivity index (χ0v) is 56.0. The Labute approximate surface area is 515 Å². The molecule has 472 valence electrons. The molecule has 4 aromatic rings. The van der Waals surface area contributed by atoms with Gasteiger partial charge in [0.05, 0.1) is 0 Å². The first kappa shape index (κ1) is 67.5. The van der Waals surface area contributed by atoms with E-state index in [4.69, 9.17) is 37.9 Å². The maximum Gasteiger partial charge on any atom is 0.514 e. The van der Waals surface area contributed by atoms with Crippen molar-refractivity contribution in [3.05, 3.63) is 117 Å². The van der Waals surface area contributed by atoms with Gasteiger partial charge in [-0.2, -0.15) is 0 Å². The van der Waals surface area contributed by atoms with E-state index in [2.05, 4.69) is 104 Å². The summed E-state index contributed by atoms with van der Waals surface area (Å²) in [6.07, 6.45) is 11.0. The normalized spacial score (nSPS) is 17.7. The molecule has 0 aliphatic heterocycles. The first-order chi connectivity index (χ1) is 39.9. The molecular formula is C74H104O12. The predicted molar refractivity (Wildman–Crippen MR) is 341 cm³/mol. The van der Waals surface area contributed by atoms with Gasteiger partial charge in [0.1, 0.15) is 45.4 Å². The summed E-state index contributed by atoms with van der Waals surface area (Å²) in [5.41, 5.74) is 4.96. The number of carbonyl (C=O) groups is 4. The lowest BCUT2D eigenvalue weighted by Gasteiger charge is -2.56. The van der Waals surface area contributed by atoms with Crippen molar-refractivity contribution < 1.29 is 57.1 Å². The lowest BCUT2D eigenvalue weighted by molar-refractivity contribution is -0.0262. The summed E-state index contributed by atoms with van der Waals surface area (Å²) in [6, 6.07) is 25.5. The van der Waals surface area contributed by atoms with Crippen molar-refractivity contribution in [3.63, 3.8) is 0 Å². The van der Waals surface area contributed by atoms with Gasteiger partial charge in [0.25, 0.3) is 0 Å². The maximum absolute atomic E-state index is 13.2. The minimum Gasteiger partial charge on any atom is -0.428 e. The van der Waals surface area contributed by atoms with Gasteiger partial charge in [-0.3, -0.25) is 0 Å². The second-order valence-corrected chi connectivity index (χ2v) is 30.4.